The molecule has 0 spiro atoms. The van der Waals surface area contributed by atoms with E-state index in [1.807, 2.05) is 61.5 Å². The lowest BCUT2D eigenvalue weighted by Crippen LogP contribution is -2.04. The Bertz CT molecular complexity index is 911. The maximum absolute atomic E-state index is 9.49. The third-order valence-electron chi connectivity index (χ3n) is 4.03. The van der Waals surface area contributed by atoms with Crippen LogP contribution in [-0.2, 0) is 6.42 Å². The Morgan fingerprint density at radius 1 is 1.00 bits per heavy atom. The smallest absolute Gasteiger partial charge is 0.151 e. The van der Waals surface area contributed by atoms with Crippen molar-refractivity contribution in [1.29, 1.82) is 5.26 Å². The number of nitriles is 1. The number of rotatable bonds is 5. The summed E-state index contributed by atoms with van der Waals surface area (Å²) in [6.07, 6.45) is 0.938. The van der Waals surface area contributed by atoms with Crippen LogP contribution in [0.15, 0.2) is 60.7 Å². The Kier molecular flexibility index (Phi) is 4.96. The molecule has 0 bridgehead atoms. The molecular weight excluding hydrogens is 308 g/mol. The van der Waals surface area contributed by atoms with Crippen LogP contribution < -0.4 is 10.6 Å². The van der Waals surface area contributed by atoms with Gasteiger partial charge in [0.2, 0.25) is 0 Å². The molecule has 0 aliphatic carbocycles. The highest BCUT2D eigenvalue weighted by Gasteiger charge is 2.11. The molecule has 0 fully saturated rings. The lowest BCUT2D eigenvalue weighted by atomic mass is 10.1. The molecule has 0 amide bonds. The van der Waals surface area contributed by atoms with Crippen molar-refractivity contribution in [3.63, 3.8) is 0 Å². The second kappa shape index (κ2) is 7.50. The summed E-state index contributed by atoms with van der Waals surface area (Å²) in [7, 11) is 0. The van der Waals surface area contributed by atoms with Gasteiger partial charge in [0, 0.05) is 11.4 Å². The Labute approximate surface area is 148 Å². The van der Waals surface area contributed by atoms with Gasteiger partial charge in [-0.05, 0) is 48.7 Å². The van der Waals surface area contributed by atoms with Gasteiger partial charge in [-0.15, -0.1) is 0 Å². The van der Waals surface area contributed by atoms with E-state index in [0.29, 0.717) is 11.4 Å². The molecule has 3 rings (SSSR count). The molecule has 0 aliphatic heterocycles. The number of pyridine rings is 1. The van der Waals surface area contributed by atoms with Crippen molar-refractivity contribution < 1.29 is 0 Å². The molecule has 25 heavy (non-hydrogen) atoms. The third kappa shape index (κ3) is 3.78. The van der Waals surface area contributed by atoms with E-state index < -0.39 is 0 Å². The summed E-state index contributed by atoms with van der Waals surface area (Å²) in [5, 5.41) is 16.1. The topological polar surface area (TPSA) is 60.7 Å². The number of hydrogen-bond donors (Lipinski definition) is 2. The quantitative estimate of drug-likeness (QED) is 0.666. The number of nitrogens with one attached hydrogen (secondary N) is 2. The second-order valence-electron chi connectivity index (χ2n) is 5.79. The maximum atomic E-state index is 9.49. The summed E-state index contributed by atoms with van der Waals surface area (Å²) in [6.45, 7) is 4.05. The van der Waals surface area contributed by atoms with E-state index in [4.69, 9.17) is 0 Å². The molecule has 1 heterocycles. The molecule has 0 radical (unpaired) electrons. The van der Waals surface area contributed by atoms with E-state index in [0.717, 1.165) is 29.2 Å². The molecule has 0 saturated carbocycles. The largest absolute Gasteiger partial charge is 0.340 e. The van der Waals surface area contributed by atoms with Crippen LogP contribution in [0, 0.1) is 18.3 Å². The average Bonchev–Trinajstić information content (AvgIpc) is 2.63. The monoisotopic (exact) mass is 328 g/mol. The number of para-hydroxylation sites is 2. The first kappa shape index (κ1) is 16.5. The van der Waals surface area contributed by atoms with Gasteiger partial charge in [0.15, 0.2) is 5.82 Å². The highest BCUT2D eigenvalue weighted by atomic mass is 15.1. The van der Waals surface area contributed by atoms with Crippen LogP contribution in [0.2, 0.25) is 0 Å². The average molecular weight is 328 g/mol. The van der Waals surface area contributed by atoms with Gasteiger partial charge in [0.25, 0.3) is 0 Å². The number of nitrogens with zero attached hydrogens (tertiary/aromatic N) is 2. The van der Waals surface area contributed by atoms with Gasteiger partial charge in [-0.3, -0.25) is 0 Å². The molecule has 4 heteroatoms. The van der Waals surface area contributed by atoms with Crippen LogP contribution in [0.1, 0.15) is 23.6 Å². The van der Waals surface area contributed by atoms with Gasteiger partial charge < -0.3 is 10.6 Å². The number of benzene rings is 2. The van der Waals surface area contributed by atoms with E-state index in [2.05, 4.69) is 34.7 Å². The van der Waals surface area contributed by atoms with Gasteiger partial charge >= 0.3 is 0 Å². The Morgan fingerprint density at radius 2 is 1.72 bits per heavy atom. The molecule has 3 aromatic rings. The summed E-state index contributed by atoms with van der Waals surface area (Å²) in [6, 6.07) is 22.1. The minimum absolute atomic E-state index is 0.554. The van der Waals surface area contributed by atoms with E-state index in [1.165, 1.54) is 5.56 Å². The number of anilines is 4. The minimum atomic E-state index is 0.554. The van der Waals surface area contributed by atoms with Crippen molar-refractivity contribution in [3.8, 4) is 6.07 Å². The first-order chi connectivity index (χ1) is 12.2. The van der Waals surface area contributed by atoms with Crippen molar-refractivity contribution in [1.82, 2.24) is 4.98 Å². The van der Waals surface area contributed by atoms with E-state index >= 15 is 0 Å². The Hall–Kier alpha value is -3.32. The summed E-state index contributed by atoms with van der Waals surface area (Å²) in [4.78, 5) is 4.63. The number of hydrogen-bond acceptors (Lipinski definition) is 4. The zero-order valence-corrected chi connectivity index (χ0v) is 14.4. The lowest BCUT2D eigenvalue weighted by Gasteiger charge is -2.14. The summed E-state index contributed by atoms with van der Waals surface area (Å²) in [5.41, 5.74) is 4.60. The fourth-order valence-corrected chi connectivity index (χ4v) is 2.71. The van der Waals surface area contributed by atoms with Crippen LogP contribution in [-0.4, -0.2) is 4.98 Å². The normalized spacial score (nSPS) is 10.1. The molecule has 2 N–H and O–H groups in total. The fraction of sp³-hybridized carbons (Fsp3) is 0.143. The molecule has 0 aliphatic rings. The summed E-state index contributed by atoms with van der Waals surface area (Å²) >= 11 is 0. The molecule has 0 unspecified atom stereocenters. The third-order valence-corrected chi connectivity index (χ3v) is 4.03. The van der Waals surface area contributed by atoms with E-state index in [9.17, 15) is 5.26 Å². The first-order valence-electron chi connectivity index (χ1n) is 8.30. The van der Waals surface area contributed by atoms with Crippen molar-refractivity contribution in [3.05, 3.63) is 77.4 Å². The fourth-order valence-electron chi connectivity index (χ4n) is 2.71. The molecule has 124 valence electrons. The van der Waals surface area contributed by atoms with Gasteiger partial charge in [-0.2, -0.15) is 5.26 Å². The van der Waals surface area contributed by atoms with Crippen molar-refractivity contribution in [2.75, 3.05) is 10.6 Å². The standard InChI is InChI=1S/C21H20N4/c1-3-16-9-7-8-12-19(16)24-20-13-15(2)18(14-22)21(25-20)23-17-10-5-4-6-11-17/h4-13H,3H2,1-2H3,(H2,23,24,25). The highest BCUT2D eigenvalue weighted by Crippen LogP contribution is 2.27. The Morgan fingerprint density at radius 3 is 2.44 bits per heavy atom. The SMILES string of the molecule is CCc1ccccc1Nc1cc(C)c(C#N)c(Nc2ccccc2)n1. The number of aromatic nitrogens is 1. The first-order valence-corrected chi connectivity index (χ1v) is 8.30. The van der Waals surface area contributed by atoms with Gasteiger partial charge in [0.05, 0.1) is 5.56 Å². The predicted octanol–water partition coefficient (Wildman–Crippen LogP) is 5.31. The lowest BCUT2D eigenvalue weighted by molar-refractivity contribution is 1.14. The summed E-state index contributed by atoms with van der Waals surface area (Å²) < 4.78 is 0. The van der Waals surface area contributed by atoms with Crippen LogP contribution in [0.5, 0.6) is 0 Å². The van der Waals surface area contributed by atoms with Crippen LogP contribution in [0.3, 0.4) is 0 Å². The molecule has 0 atom stereocenters. The van der Waals surface area contributed by atoms with Crippen LogP contribution in [0.4, 0.5) is 23.0 Å². The van der Waals surface area contributed by atoms with Crippen molar-refractivity contribution in [2.45, 2.75) is 20.3 Å². The maximum Gasteiger partial charge on any atom is 0.151 e. The van der Waals surface area contributed by atoms with Crippen molar-refractivity contribution >= 4 is 23.0 Å². The summed E-state index contributed by atoms with van der Waals surface area (Å²) in [5.74, 6) is 1.28. The van der Waals surface area contributed by atoms with Crippen LogP contribution in [0.25, 0.3) is 0 Å². The highest BCUT2D eigenvalue weighted by molar-refractivity contribution is 5.70. The molecule has 2 aromatic carbocycles. The Balaban J connectivity index is 1.97. The molecular formula is C21H20N4. The van der Waals surface area contributed by atoms with Crippen LogP contribution >= 0.6 is 0 Å². The van der Waals surface area contributed by atoms with Gasteiger partial charge in [-0.1, -0.05) is 43.3 Å². The van der Waals surface area contributed by atoms with E-state index in [1.54, 1.807) is 0 Å². The molecule has 1 aromatic heterocycles. The molecule has 4 nitrogen and oxygen atoms in total. The van der Waals surface area contributed by atoms with Crippen molar-refractivity contribution in [2.24, 2.45) is 0 Å². The predicted molar refractivity (Wildman–Crippen MR) is 103 cm³/mol. The second-order valence-corrected chi connectivity index (χ2v) is 5.79. The zero-order valence-electron chi connectivity index (χ0n) is 14.4. The minimum Gasteiger partial charge on any atom is -0.340 e. The van der Waals surface area contributed by atoms with Gasteiger partial charge in [-0.25, -0.2) is 4.98 Å². The molecule has 0 saturated heterocycles. The van der Waals surface area contributed by atoms with Gasteiger partial charge in [0.1, 0.15) is 11.9 Å². The zero-order chi connectivity index (χ0) is 17.6. The number of aryl methyl sites for hydroxylation is 2. The van der Waals surface area contributed by atoms with E-state index in [-0.39, 0.29) is 0 Å².